The number of aryl methyl sites for hydroxylation is 3. The summed E-state index contributed by atoms with van der Waals surface area (Å²) in [5.41, 5.74) is 2.71. The highest BCUT2D eigenvalue weighted by Crippen LogP contribution is 2.19. The summed E-state index contributed by atoms with van der Waals surface area (Å²) in [7, 11) is 1.81. The van der Waals surface area contributed by atoms with Crippen LogP contribution >= 0.6 is 23.1 Å². The minimum Gasteiger partial charge on any atom is -0.309 e. The number of anilines is 1. The number of carbonyl (C=O) groups excluding carboxylic acids is 1. The van der Waals surface area contributed by atoms with Crippen LogP contribution in [0.1, 0.15) is 27.7 Å². The third kappa shape index (κ3) is 4.35. The number of nitrogens with one attached hydrogen (secondary N) is 1. The maximum atomic E-state index is 13.0. The summed E-state index contributed by atoms with van der Waals surface area (Å²) in [6, 6.07) is 3.76. The number of nitrogens with zero attached hydrogens (tertiary/aromatic N) is 7. The molecule has 0 bridgehead atoms. The summed E-state index contributed by atoms with van der Waals surface area (Å²) >= 11 is 2.58. The largest absolute Gasteiger partial charge is 0.309 e. The molecule has 4 heterocycles. The SMILES string of the molecule is Cc1nnc(NC(=O)CSc2nnc(Cc3c(C)nc4c(C)cccn4c3=O)n2C)s1. The van der Waals surface area contributed by atoms with Gasteiger partial charge in [-0.05, 0) is 32.4 Å². The number of fused-ring (bicyclic) bond motifs is 1. The van der Waals surface area contributed by atoms with Gasteiger partial charge in [-0.2, -0.15) is 0 Å². The van der Waals surface area contributed by atoms with Gasteiger partial charge in [-0.1, -0.05) is 29.2 Å². The molecule has 0 saturated carbocycles. The fraction of sp³-hybridized carbons (Fsp3) is 0.316. The Morgan fingerprint density at radius 1 is 1.19 bits per heavy atom. The second kappa shape index (κ2) is 8.55. The molecule has 1 amide bonds. The molecule has 10 nitrogen and oxygen atoms in total. The molecule has 0 atom stereocenters. The van der Waals surface area contributed by atoms with Crippen LogP contribution in [0.5, 0.6) is 0 Å². The first kappa shape index (κ1) is 21.1. The fourth-order valence-corrected chi connectivity index (χ4v) is 4.40. The Morgan fingerprint density at radius 3 is 2.74 bits per heavy atom. The lowest BCUT2D eigenvalue weighted by Gasteiger charge is -2.09. The molecule has 4 rings (SSSR count). The van der Waals surface area contributed by atoms with Crippen molar-refractivity contribution in [3.05, 3.63) is 56.3 Å². The molecule has 12 heteroatoms. The number of hydrogen-bond acceptors (Lipinski definition) is 9. The van der Waals surface area contributed by atoms with Gasteiger partial charge < -0.3 is 4.57 Å². The van der Waals surface area contributed by atoms with Crippen LogP contribution in [-0.2, 0) is 18.3 Å². The van der Waals surface area contributed by atoms with Crippen LogP contribution < -0.4 is 10.9 Å². The molecule has 0 fully saturated rings. The molecule has 0 saturated heterocycles. The van der Waals surface area contributed by atoms with Crippen molar-refractivity contribution in [2.24, 2.45) is 7.05 Å². The summed E-state index contributed by atoms with van der Waals surface area (Å²) < 4.78 is 3.35. The molecule has 0 aliphatic heterocycles. The van der Waals surface area contributed by atoms with E-state index in [1.165, 1.54) is 23.1 Å². The molecule has 0 radical (unpaired) electrons. The van der Waals surface area contributed by atoms with Crippen molar-refractivity contribution in [3.63, 3.8) is 0 Å². The minimum absolute atomic E-state index is 0.116. The van der Waals surface area contributed by atoms with Crippen molar-refractivity contribution in [1.29, 1.82) is 0 Å². The topological polar surface area (TPSA) is 120 Å². The zero-order valence-corrected chi connectivity index (χ0v) is 19.0. The fourth-order valence-electron chi connectivity index (χ4n) is 3.06. The van der Waals surface area contributed by atoms with Gasteiger partial charge in [0, 0.05) is 30.9 Å². The number of hydrogen-bond donors (Lipinski definition) is 1. The van der Waals surface area contributed by atoms with E-state index in [2.05, 4.69) is 30.7 Å². The maximum Gasteiger partial charge on any atom is 0.261 e. The molecule has 0 aliphatic carbocycles. The Labute approximate surface area is 185 Å². The van der Waals surface area contributed by atoms with Gasteiger partial charge in [0.2, 0.25) is 11.0 Å². The first-order chi connectivity index (χ1) is 14.8. The Morgan fingerprint density at radius 2 is 2.00 bits per heavy atom. The average Bonchev–Trinajstić information content (AvgIpc) is 3.29. The Bertz CT molecular complexity index is 1340. The zero-order chi connectivity index (χ0) is 22.1. The van der Waals surface area contributed by atoms with Gasteiger partial charge in [0.1, 0.15) is 16.5 Å². The van der Waals surface area contributed by atoms with E-state index < -0.39 is 0 Å². The number of aromatic nitrogens is 7. The lowest BCUT2D eigenvalue weighted by molar-refractivity contribution is -0.113. The predicted molar refractivity (Wildman–Crippen MR) is 119 cm³/mol. The van der Waals surface area contributed by atoms with Gasteiger partial charge in [0.25, 0.3) is 5.56 Å². The number of amides is 1. The quantitative estimate of drug-likeness (QED) is 0.437. The van der Waals surface area contributed by atoms with Gasteiger partial charge in [-0.15, -0.1) is 20.4 Å². The van der Waals surface area contributed by atoms with Crippen LogP contribution in [-0.4, -0.2) is 46.0 Å². The molecule has 31 heavy (non-hydrogen) atoms. The molecule has 4 aromatic rings. The molecule has 0 spiro atoms. The Hall–Kier alpha value is -3.12. The van der Waals surface area contributed by atoms with Crippen molar-refractivity contribution < 1.29 is 4.79 Å². The highest BCUT2D eigenvalue weighted by Gasteiger charge is 2.17. The van der Waals surface area contributed by atoms with Crippen LogP contribution in [0.15, 0.2) is 28.3 Å². The van der Waals surface area contributed by atoms with Crippen LogP contribution in [0.3, 0.4) is 0 Å². The van der Waals surface area contributed by atoms with Crippen LogP contribution in [0.2, 0.25) is 0 Å². The predicted octanol–water partition coefficient (Wildman–Crippen LogP) is 1.92. The van der Waals surface area contributed by atoms with E-state index in [-0.39, 0.29) is 17.2 Å². The third-order valence-electron chi connectivity index (χ3n) is 4.71. The van der Waals surface area contributed by atoms with Gasteiger partial charge in [0.05, 0.1) is 5.75 Å². The summed E-state index contributed by atoms with van der Waals surface area (Å²) in [6.07, 6.45) is 2.02. The Balaban J connectivity index is 1.50. The molecule has 4 aromatic heterocycles. The minimum atomic E-state index is -0.200. The number of carbonyl (C=O) groups is 1. The zero-order valence-electron chi connectivity index (χ0n) is 17.4. The van der Waals surface area contributed by atoms with Crippen LogP contribution in [0.25, 0.3) is 5.65 Å². The van der Waals surface area contributed by atoms with E-state index in [0.717, 1.165) is 10.6 Å². The summed E-state index contributed by atoms with van der Waals surface area (Å²) in [4.78, 5) is 29.8. The van der Waals surface area contributed by atoms with E-state index in [9.17, 15) is 9.59 Å². The van der Waals surface area contributed by atoms with Crippen LogP contribution in [0.4, 0.5) is 5.13 Å². The normalized spacial score (nSPS) is 11.2. The average molecular weight is 457 g/mol. The van der Waals surface area contributed by atoms with Gasteiger partial charge in [0.15, 0.2) is 5.16 Å². The molecule has 160 valence electrons. The van der Waals surface area contributed by atoms with Crippen molar-refractivity contribution in [2.45, 2.75) is 32.3 Å². The number of rotatable bonds is 6. The van der Waals surface area contributed by atoms with E-state index in [0.29, 0.717) is 39.4 Å². The second-order valence-corrected chi connectivity index (χ2v) is 9.09. The standard InChI is InChI=1S/C19H20N8O2S2/c1-10-6-5-7-27-16(10)20-11(2)13(17(27)29)8-14-23-25-19(26(14)4)30-9-15(28)21-18-24-22-12(3)31-18/h5-7H,8-9H2,1-4H3,(H,21,24,28). The monoisotopic (exact) mass is 456 g/mol. The van der Waals surface area contributed by atoms with Gasteiger partial charge in [-0.25, -0.2) is 4.98 Å². The number of pyridine rings is 1. The van der Waals surface area contributed by atoms with Gasteiger partial charge in [-0.3, -0.25) is 19.3 Å². The molecule has 1 N–H and O–H groups in total. The lowest BCUT2D eigenvalue weighted by Crippen LogP contribution is -2.23. The highest BCUT2D eigenvalue weighted by atomic mass is 32.2. The van der Waals surface area contributed by atoms with Crippen molar-refractivity contribution in [2.75, 3.05) is 11.1 Å². The van der Waals surface area contributed by atoms with Crippen LogP contribution in [0, 0.1) is 20.8 Å². The van der Waals surface area contributed by atoms with E-state index >= 15 is 0 Å². The van der Waals surface area contributed by atoms with E-state index in [1.807, 2.05) is 40.0 Å². The van der Waals surface area contributed by atoms with E-state index in [1.54, 1.807) is 15.2 Å². The van der Waals surface area contributed by atoms with Crippen molar-refractivity contribution >= 4 is 39.8 Å². The summed E-state index contributed by atoms with van der Waals surface area (Å²) in [5, 5.41) is 20.7. The highest BCUT2D eigenvalue weighted by molar-refractivity contribution is 7.99. The Kier molecular flexibility index (Phi) is 5.83. The smallest absolute Gasteiger partial charge is 0.261 e. The lowest BCUT2D eigenvalue weighted by atomic mass is 10.1. The summed E-state index contributed by atoms with van der Waals surface area (Å²) in [6.45, 7) is 5.58. The van der Waals surface area contributed by atoms with Crippen molar-refractivity contribution in [1.82, 2.24) is 34.3 Å². The molecule has 0 unspecified atom stereocenters. The molecular weight excluding hydrogens is 436 g/mol. The van der Waals surface area contributed by atoms with Crippen molar-refractivity contribution in [3.8, 4) is 0 Å². The van der Waals surface area contributed by atoms with E-state index in [4.69, 9.17) is 0 Å². The molecule has 0 aliphatic rings. The first-order valence-corrected chi connectivity index (χ1v) is 11.2. The van der Waals surface area contributed by atoms with Gasteiger partial charge >= 0.3 is 0 Å². The number of thioether (sulfide) groups is 1. The molecular formula is C19H20N8O2S2. The third-order valence-corrected chi connectivity index (χ3v) is 6.49. The summed E-state index contributed by atoms with van der Waals surface area (Å²) in [5.74, 6) is 0.578. The first-order valence-electron chi connectivity index (χ1n) is 9.42. The second-order valence-electron chi connectivity index (χ2n) is 6.96. The maximum absolute atomic E-state index is 13.0. The molecule has 0 aromatic carbocycles.